The van der Waals surface area contributed by atoms with Gasteiger partial charge in [0.25, 0.3) is 11.8 Å². The summed E-state index contributed by atoms with van der Waals surface area (Å²) in [5.74, 6) is 0.177. The van der Waals surface area contributed by atoms with Crippen molar-refractivity contribution in [1.29, 1.82) is 0 Å². The van der Waals surface area contributed by atoms with Crippen LogP contribution in [0, 0.1) is 0 Å². The number of nitrogens with zero attached hydrogens (tertiary/aromatic N) is 1. The molecule has 2 rings (SSSR count). The topological polar surface area (TPSA) is 80.3 Å². The quantitative estimate of drug-likeness (QED) is 0.723. The number of rotatable bonds is 8. The summed E-state index contributed by atoms with van der Waals surface area (Å²) in [4.78, 5) is 28.4. The zero-order chi connectivity index (χ0) is 18.1. The summed E-state index contributed by atoms with van der Waals surface area (Å²) in [6.07, 6.45) is 1.91. The zero-order valence-electron chi connectivity index (χ0n) is 14.5. The van der Waals surface area contributed by atoms with Crippen LogP contribution >= 0.6 is 0 Å². The third kappa shape index (κ3) is 5.60. The van der Waals surface area contributed by atoms with Crippen molar-refractivity contribution < 1.29 is 14.3 Å². The summed E-state index contributed by atoms with van der Waals surface area (Å²) >= 11 is 0. The van der Waals surface area contributed by atoms with Gasteiger partial charge in [-0.3, -0.25) is 9.59 Å². The summed E-state index contributed by atoms with van der Waals surface area (Å²) in [5.41, 5.74) is 1.41. The number of pyridine rings is 1. The SMILES string of the molecule is CCCCNC(=O)c1cccc(C(=O)NCc2ccc(OC)cc2)n1. The average Bonchev–Trinajstić information content (AvgIpc) is 2.66. The molecule has 0 spiro atoms. The fourth-order valence-electron chi connectivity index (χ4n) is 2.17. The highest BCUT2D eigenvalue weighted by Gasteiger charge is 2.12. The summed E-state index contributed by atoms with van der Waals surface area (Å²) in [6, 6.07) is 12.3. The van der Waals surface area contributed by atoms with E-state index in [-0.39, 0.29) is 23.2 Å². The van der Waals surface area contributed by atoms with Crippen LogP contribution in [0.4, 0.5) is 0 Å². The first kappa shape index (κ1) is 18.4. The lowest BCUT2D eigenvalue weighted by molar-refractivity contribution is 0.0942. The Morgan fingerprint density at radius 3 is 2.24 bits per heavy atom. The molecule has 132 valence electrons. The van der Waals surface area contributed by atoms with E-state index in [1.54, 1.807) is 25.3 Å². The molecule has 25 heavy (non-hydrogen) atoms. The van der Waals surface area contributed by atoms with Crippen LogP contribution in [-0.2, 0) is 6.54 Å². The molecule has 0 saturated heterocycles. The minimum Gasteiger partial charge on any atom is -0.497 e. The van der Waals surface area contributed by atoms with Gasteiger partial charge < -0.3 is 15.4 Å². The van der Waals surface area contributed by atoms with Crippen LogP contribution in [0.1, 0.15) is 46.3 Å². The highest BCUT2D eigenvalue weighted by Crippen LogP contribution is 2.11. The van der Waals surface area contributed by atoms with E-state index in [0.717, 1.165) is 24.2 Å². The Hall–Kier alpha value is -2.89. The molecule has 2 amide bonds. The monoisotopic (exact) mass is 341 g/mol. The molecule has 1 aromatic heterocycles. The zero-order valence-corrected chi connectivity index (χ0v) is 14.5. The molecule has 6 nitrogen and oxygen atoms in total. The molecule has 0 radical (unpaired) electrons. The van der Waals surface area contributed by atoms with Crippen molar-refractivity contribution in [3.8, 4) is 5.75 Å². The van der Waals surface area contributed by atoms with Gasteiger partial charge in [-0.25, -0.2) is 4.98 Å². The standard InChI is InChI=1S/C19H23N3O3/c1-3-4-12-20-18(23)16-6-5-7-17(22-16)19(24)21-13-14-8-10-15(25-2)11-9-14/h5-11H,3-4,12-13H2,1-2H3,(H,20,23)(H,21,24). The molecule has 6 heteroatoms. The summed E-state index contributed by atoms with van der Waals surface area (Å²) in [5, 5.41) is 5.59. The summed E-state index contributed by atoms with van der Waals surface area (Å²) in [7, 11) is 1.61. The van der Waals surface area contributed by atoms with Crippen molar-refractivity contribution in [2.45, 2.75) is 26.3 Å². The van der Waals surface area contributed by atoms with Gasteiger partial charge in [-0.1, -0.05) is 31.5 Å². The number of carbonyl (C=O) groups excluding carboxylic acids is 2. The highest BCUT2D eigenvalue weighted by molar-refractivity contribution is 5.96. The first-order chi connectivity index (χ1) is 12.1. The van der Waals surface area contributed by atoms with Crippen molar-refractivity contribution in [2.24, 2.45) is 0 Å². The minimum atomic E-state index is -0.320. The molecule has 2 N–H and O–H groups in total. The van der Waals surface area contributed by atoms with Crippen molar-refractivity contribution in [1.82, 2.24) is 15.6 Å². The average molecular weight is 341 g/mol. The molecule has 1 heterocycles. The lowest BCUT2D eigenvalue weighted by atomic mass is 10.2. The molecule has 0 fully saturated rings. The number of methoxy groups -OCH3 is 1. The van der Waals surface area contributed by atoms with E-state index in [2.05, 4.69) is 22.5 Å². The second-order valence-electron chi connectivity index (χ2n) is 5.55. The molecule has 0 aliphatic carbocycles. The Bertz CT molecular complexity index is 714. The molecule has 0 saturated carbocycles. The van der Waals surface area contributed by atoms with Gasteiger partial charge in [-0.15, -0.1) is 0 Å². The van der Waals surface area contributed by atoms with E-state index >= 15 is 0 Å². The Morgan fingerprint density at radius 1 is 1.00 bits per heavy atom. The van der Waals surface area contributed by atoms with Gasteiger partial charge in [-0.05, 0) is 36.2 Å². The molecule has 1 aromatic carbocycles. The minimum absolute atomic E-state index is 0.219. The number of nitrogens with one attached hydrogen (secondary N) is 2. The van der Waals surface area contributed by atoms with E-state index in [1.165, 1.54) is 0 Å². The number of aromatic nitrogens is 1. The smallest absolute Gasteiger partial charge is 0.270 e. The normalized spacial score (nSPS) is 10.2. The maximum absolute atomic E-state index is 12.2. The molecule has 0 aliphatic heterocycles. The number of unbranched alkanes of at least 4 members (excludes halogenated alkanes) is 1. The Balaban J connectivity index is 1.94. The van der Waals surface area contributed by atoms with E-state index < -0.39 is 0 Å². The number of hydrogen-bond acceptors (Lipinski definition) is 4. The second-order valence-corrected chi connectivity index (χ2v) is 5.55. The maximum Gasteiger partial charge on any atom is 0.270 e. The highest BCUT2D eigenvalue weighted by atomic mass is 16.5. The van der Waals surface area contributed by atoms with Crippen LogP contribution in [-0.4, -0.2) is 30.5 Å². The van der Waals surface area contributed by atoms with E-state index in [9.17, 15) is 9.59 Å². The number of amides is 2. The van der Waals surface area contributed by atoms with E-state index in [4.69, 9.17) is 4.74 Å². The van der Waals surface area contributed by atoms with Crippen LogP contribution in [0.2, 0.25) is 0 Å². The van der Waals surface area contributed by atoms with Crippen molar-refractivity contribution >= 4 is 11.8 Å². The first-order valence-corrected chi connectivity index (χ1v) is 8.30. The largest absolute Gasteiger partial charge is 0.497 e. The fraction of sp³-hybridized carbons (Fsp3) is 0.316. The Kier molecular flexibility index (Phi) is 6.95. The van der Waals surface area contributed by atoms with Gasteiger partial charge in [0.2, 0.25) is 0 Å². The summed E-state index contributed by atoms with van der Waals surface area (Å²) in [6.45, 7) is 3.03. The second kappa shape index (κ2) is 9.42. The number of ether oxygens (including phenoxy) is 1. The molecule has 2 aromatic rings. The molecule has 0 aliphatic rings. The van der Waals surface area contributed by atoms with Gasteiger partial charge in [0, 0.05) is 13.1 Å². The number of benzene rings is 1. The number of carbonyl (C=O) groups is 2. The third-order valence-corrected chi connectivity index (χ3v) is 3.64. The molecule has 0 atom stereocenters. The van der Waals surface area contributed by atoms with Gasteiger partial charge >= 0.3 is 0 Å². The van der Waals surface area contributed by atoms with Crippen LogP contribution in [0.15, 0.2) is 42.5 Å². The Labute approximate surface area is 147 Å². The van der Waals surface area contributed by atoms with Gasteiger partial charge in [0.1, 0.15) is 17.1 Å². The molecular weight excluding hydrogens is 318 g/mol. The summed E-state index contributed by atoms with van der Waals surface area (Å²) < 4.78 is 5.10. The van der Waals surface area contributed by atoms with Gasteiger partial charge in [0.15, 0.2) is 0 Å². The van der Waals surface area contributed by atoms with Crippen LogP contribution in [0.25, 0.3) is 0 Å². The molecule has 0 bridgehead atoms. The first-order valence-electron chi connectivity index (χ1n) is 8.30. The predicted molar refractivity (Wildman–Crippen MR) is 95.6 cm³/mol. The molecular formula is C19H23N3O3. The van der Waals surface area contributed by atoms with Crippen molar-refractivity contribution in [2.75, 3.05) is 13.7 Å². The van der Waals surface area contributed by atoms with Crippen LogP contribution in [0.5, 0.6) is 5.75 Å². The predicted octanol–water partition coefficient (Wildman–Crippen LogP) is 2.55. The van der Waals surface area contributed by atoms with Crippen molar-refractivity contribution in [3.63, 3.8) is 0 Å². The van der Waals surface area contributed by atoms with E-state index in [1.807, 2.05) is 24.3 Å². The maximum atomic E-state index is 12.2. The lowest BCUT2D eigenvalue weighted by Crippen LogP contribution is -2.28. The fourth-order valence-corrected chi connectivity index (χ4v) is 2.17. The third-order valence-electron chi connectivity index (χ3n) is 3.64. The van der Waals surface area contributed by atoms with Crippen molar-refractivity contribution in [3.05, 3.63) is 59.4 Å². The van der Waals surface area contributed by atoms with Gasteiger partial charge in [0.05, 0.1) is 7.11 Å². The van der Waals surface area contributed by atoms with E-state index in [0.29, 0.717) is 13.1 Å². The molecule has 0 unspecified atom stereocenters. The lowest BCUT2D eigenvalue weighted by Gasteiger charge is -2.08. The van der Waals surface area contributed by atoms with Crippen LogP contribution in [0.3, 0.4) is 0 Å². The van der Waals surface area contributed by atoms with Crippen LogP contribution < -0.4 is 15.4 Å². The van der Waals surface area contributed by atoms with Gasteiger partial charge in [-0.2, -0.15) is 0 Å². The number of hydrogen-bond donors (Lipinski definition) is 2. The Morgan fingerprint density at radius 2 is 1.64 bits per heavy atom.